The van der Waals surface area contributed by atoms with Crippen molar-refractivity contribution >= 4 is 40.0 Å². The number of ether oxygens (including phenoxy) is 2. The third-order valence-electron chi connectivity index (χ3n) is 7.16. The standard InChI is InChI=1S/C30H36N8O4/c1-7-28(39)32-21-17-22(26(42-6)18-24(21)36(4)15-14-35(2)3)33-29-31-13-12-27(34-29)38-23-11-10-20(41-5)16-25(23)37(30(38)40)19-8-9-19/h7,10-13,16-19H,1,8-9,14-15H2,2-6H3,(H,32,39)(H,31,33,34). The summed E-state index contributed by atoms with van der Waals surface area (Å²) in [6.45, 7) is 5.12. The van der Waals surface area contributed by atoms with Gasteiger partial charge in [0.25, 0.3) is 0 Å². The van der Waals surface area contributed by atoms with E-state index >= 15 is 0 Å². The maximum absolute atomic E-state index is 13.6. The molecule has 0 bridgehead atoms. The number of rotatable bonds is 12. The largest absolute Gasteiger partial charge is 0.497 e. The van der Waals surface area contributed by atoms with Crippen LogP contribution in [0.25, 0.3) is 16.9 Å². The number of fused-ring (bicyclic) bond motifs is 1. The van der Waals surface area contributed by atoms with Crippen molar-refractivity contribution in [2.24, 2.45) is 0 Å². The van der Waals surface area contributed by atoms with Crippen LogP contribution >= 0.6 is 0 Å². The number of hydrogen-bond donors (Lipinski definition) is 2. The molecule has 12 nitrogen and oxygen atoms in total. The minimum atomic E-state index is -0.338. The maximum Gasteiger partial charge on any atom is 0.335 e. The summed E-state index contributed by atoms with van der Waals surface area (Å²) in [6.07, 6.45) is 4.73. The summed E-state index contributed by atoms with van der Waals surface area (Å²) in [7, 11) is 9.14. The van der Waals surface area contributed by atoms with Crippen molar-refractivity contribution in [3.63, 3.8) is 0 Å². The van der Waals surface area contributed by atoms with Gasteiger partial charge in [0.2, 0.25) is 11.9 Å². The second-order valence-electron chi connectivity index (χ2n) is 10.4. The van der Waals surface area contributed by atoms with Crippen LogP contribution in [0.3, 0.4) is 0 Å². The van der Waals surface area contributed by atoms with E-state index in [0.29, 0.717) is 28.7 Å². The second kappa shape index (κ2) is 12.0. The molecule has 0 radical (unpaired) electrons. The smallest absolute Gasteiger partial charge is 0.335 e. The molecule has 1 saturated carbocycles. The number of nitrogens with one attached hydrogen (secondary N) is 2. The van der Waals surface area contributed by atoms with E-state index in [1.54, 1.807) is 37.1 Å². The van der Waals surface area contributed by atoms with Crippen molar-refractivity contribution in [2.45, 2.75) is 18.9 Å². The van der Waals surface area contributed by atoms with E-state index in [2.05, 4.69) is 27.1 Å². The average molecular weight is 573 g/mol. The van der Waals surface area contributed by atoms with Crippen molar-refractivity contribution in [3.05, 3.63) is 65.7 Å². The zero-order chi connectivity index (χ0) is 30.0. The van der Waals surface area contributed by atoms with Crippen LogP contribution in [0.5, 0.6) is 11.5 Å². The fraction of sp³-hybridized carbons (Fsp3) is 0.333. The number of methoxy groups -OCH3 is 2. The number of imidazole rings is 1. The first-order chi connectivity index (χ1) is 20.2. The minimum absolute atomic E-state index is 0.163. The quantitative estimate of drug-likeness (QED) is 0.244. The van der Waals surface area contributed by atoms with Crippen LogP contribution in [0.2, 0.25) is 0 Å². The first kappa shape index (κ1) is 28.7. The summed E-state index contributed by atoms with van der Waals surface area (Å²) in [5.41, 5.74) is 3.25. The molecule has 4 aromatic rings. The molecule has 1 amide bonds. The Morgan fingerprint density at radius 3 is 2.52 bits per heavy atom. The maximum atomic E-state index is 13.6. The summed E-state index contributed by atoms with van der Waals surface area (Å²) in [5, 5.41) is 6.11. The topological polar surface area (TPSA) is 119 Å². The van der Waals surface area contributed by atoms with Gasteiger partial charge in [-0.15, -0.1) is 0 Å². The Kier molecular flexibility index (Phi) is 8.16. The molecule has 0 unspecified atom stereocenters. The third kappa shape index (κ3) is 5.79. The van der Waals surface area contributed by atoms with Gasteiger partial charge in [-0.05, 0) is 51.2 Å². The van der Waals surface area contributed by atoms with Gasteiger partial charge in [0.15, 0.2) is 0 Å². The predicted octanol–water partition coefficient (Wildman–Crippen LogP) is 3.80. The number of anilines is 4. The molecule has 0 atom stereocenters. The highest BCUT2D eigenvalue weighted by Gasteiger charge is 2.30. The van der Waals surface area contributed by atoms with Crippen LogP contribution < -0.4 is 30.7 Å². The highest BCUT2D eigenvalue weighted by atomic mass is 16.5. The van der Waals surface area contributed by atoms with Crippen LogP contribution in [-0.2, 0) is 4.79 Å². The third-order valence-corrected chi connectivity index (χ3v) is 7.16. The van der Waals surface area contributed by atoms with Gasteiger partial charge in [0.1, 0.15) is 17.3 Å². The summed E-state index contributed by atoms with van der Waals surface area (Å²) >= 11 is 0. The van der Waals surface area contributed by atoms with Crippen LogP contribution in [0.15, 0.2) is 60.0 Å². The lowest BCUT2D eigenvalue weighted by Gasteiger charge is -2.26. The van der Waals surface area contributed by atoms with Gasteiger partial charge in [-0.2, -0.15) is 4.98 Å². The molecule has 1 aliphatic rings. The molecule has 1 aliphatic carbocycles. The molecule has 0 saturated heterocycles. The van der Waals surface area contributed by atoms with E-state index in [-0.39, 0.29) is 23.6 Å². The Morgan fingerprint density at radius 1 is 1.07 bits per heavy atom. The van der Waals surface area contributed by atoms with E-state index in [1.165, 1.54) is 6.08 Å². The Hall–Kier alpha value is -4.84. The number of likely N-dealkylation sites (N-methyl/N-ethyl adjacent to an activating group) is 2. The monoisotopic (exact) mass is 572 g/mol. The van der Waals surface area contributed by atoms with Gasteiger partial charge in [-0.3, -0.25) is 9.36 Å². The van der Waals surface area contributed by atoms with Gasteiger partial charge in [-0.1, -0.05) is 6.58 Å². The fourth-order valence-electron chi connectivity index (χ4n) is 4.79. The predicted molar refractivity (Wildman–Crippen MR) is 165 cm³/mol. The van der Waals surface area contributed by atoms with Crippen molar-refractivity contribution in [2.75, 3.05) is 64.0 Å². The van der Waals surface area contributed by atoms with Crippen LogP contribution in [0.1, 0.15) is 18.9 Å². The lowest BCUT2D eigenvalue weighted by Crippen LogP contribution is -2.29. The van der Waals surface area contributed by atoms with Gasteiger partial charge < -0.3 is 29.9 Å². The van der Waals surface area contributed by atoms with Gasteiger partial charge >= 0.3 is 5.69 Å². The van der Waals surface area contributed by atoms with Crippen LogP contribution in [0, 0.1) is 0 Å². The molecule has 42 heavy (non-hydrogen) atoms. The summed E-state index contributed by atoms with van der Waals surface area (Å²) in [5.74, 6) is 1.55. The first-order valence-electron chi connectivity index (χ1n) is 13.7. The Balaban J connectivity index is 1.54. The van der Waals surface area contributed by atoms with E-state index in [1.807, 2.05) is 54.9 Å². The minimum Gasteiger partial charge on any atom is -0.497 e. The highest BCUT2D eigenvalue weighted by molar-refractivity contribution is 6.02. The molecule has 12 heteroatoms. The van der Waals surface area contributed by atoms with Gasteiger partial charge in [-0.25, -0.2) is 14.3 Å². The molecule has 5 rings (SSSR count). The van der Waals surface area contributed by atoms with E-state index < -0.39 is 0 Å². The van der Waals surface area contributed by atoms with Gasteiger partial charge in [0.05, 0.1) is 42.3 Å². The number of carbonyl (C=O) groups is 1. The number of nitrogens with zero attached hydrogens (tertiary/aromatic N) is 6. The van der Waals surface area contributed by atoms with Crippen molar-refractivity contribution in [1.29, 1.82) is 0 Å². The van der Waals surface area contributed by atoms with Crippen molar-refractivity contribution in [1.82, 2.24) is 24.0 Å². The molecule has 2 aromatic carbocycles. The zero-order valence-corrected chi connectivity index (χ0v) is 24.5. The molecule has 0 aliphatic heterocycles. The molecule has 1 fully saturated rings. The van der Waals surface area contributed by atoms with Crippen LogP contribution in [0.4, 0.5) is 23.0 Å². The summed E-state index contributed by atoms with van der Waals surface area (Å²) < 4.78 is 14.5. The average Bonchev–Trinajstić information content (AvgIpc) is 3.77. The van der Waals surface area contributed by atoms with Crippen LogP contribution in [-0.4, -0.2) is 78.4 Å². The highest BCUT2D eigenvalue weighted by Crippen LogP contribution is 2.39. The zero-order valence-electron chi connectivity index (χ0n) is 24.5. The van der Waals surface area contributed by atoms with Crippen molar-refractivity contribution in [3.8, 4) is 17.3 Å². The molecule has 0 spiro atoms. The fourth-order valence-corrected chi connectivity index (χ4v) is 4.79. The molecule has 2 heterocycles. The van der Waals surface area contributed by atoms with Gasteiger partial charge in [0, 0.05) is 50.6 Å². The van der Waals surface area contributed by atoms with E-state index in [0.717, 1.165) is 42.7 Å². The SMILES string of the molecule is C=CC(=O)Nc1cc(Nc2nccc(-n3c(=O)n(C4CC4)c4cc(OC)ccc43)n2)c(OC)cc1N(C)CCN(C)C. The molecule has 2 N–H and O–H groups in total. The molecule has 220 valence electrons. The second-order valence-corrected chi connectivity index (χ2v) is 10.4. The van der Waals surface area contributed by atoms with E-state index in [4.69, 9.17) is 14.5 Å². The Labute approximate surface area is 244 Å². The molecule has 2 aromatic heterocycles. The lowest BCUT2D eigenvalue weighted by molar-refractivity contribution is -0.111. The molecular weight excluding hydrogens is 536 g/mol. The van der Waals surface area contributed by atoms with Crippen molar-refractivity contribution < 1.29 is 14.3 Å². The summed E-state index contributed by atoms with van der Waals surface area (Å²) in [6, 6.07) is 11.1. The Morgan fingerprint density at radius 2 is 1.86 bits per heavy atom. The molecular formula is C30H36N8O4. The summed E-state index contributed by atoms with van der Waals surface area (Å²) in [4.78, 5) is 39.2. The number of amides is 1. The number of aromatic nitrogens is 4. The number of benzene rings is 2. The van der Waals surface area contributed by atoms with E-state index in [9.17, 15) is 9.59 Å². The Bertz CT molecular complexity index is 1690. The number of carbonyl (C=O) groups excluding carboxylic acids is 1. The lowest BCUT2D eigenvalue weighted by atomic mass is 10.2. The first-order valence-corrected chi connectivity index (χ1v) is 13.7. The normalized spacial score (nSPS) is 12.8. The number of hydrogen-bond acceptors (Lipinski definition) is 9.